The van der Waals surface area contributed by atoms with Gasteiger partial charge in [0.1, 0.15) is 4.70 Å². The molecule has 0 amide bonds. The minimum absolute atomic E-state index is 0.120. The molecule has 0 unspecified atom stereocenters. The summed E-state index contributed by atoms with van der Waals surface area (Å²) in [5.41, 5.74) is -0.108. The first-order valence-electron chi connectivity index (χ1n) is 6.01. The summed E-state index contributed by atoms with van der Waals surface area (Å²) in [5.74, 6) is -0.824. The van der Waals surface area contributed by atoms with Crippen molar-refractivity contribution in [2.75, 3.05) is 0 Å². The van der Waals surface area contributed by atoms with Gasteiger partial charge >= 0.3 is 11.7 Å². The Morgan fingerprint density at radius 3 is 2.84 bits per heavy atom. The van der Waals surface area contributed by atoms with E-state index in [9.17, 15) is 14.4 Å². The molecule has 0 fully saturated rings. The maximum atomic E-state index is 12.0. The third kappa shape index (κ3) is 3.11. The highest BCUT2D eigenvalue weighted by molar-refractivity contribution is 7.17. The van der Waals surface area contributed by atoms with Gasteiger partial charge in [-0.3, -0.25) is 14.2 Å². The molecule has 0 atom stereocenters. The van der Waals surface area contributed by atoms with Crippen molar-refractivity contribution >= 4 is 27.5 Å². The molecule has 2 aromatic rings. The molecule has 2 aromatic heterocycles. The second-order valence-electron chi connectivity index (χ2n) is 4.25. The molecule has 0 aliphatic heterocycles. The number of aromatic amines is 1. The van der Waals surface area contributed by atoms with E-state index in [4.69, 9.17) is 5.11 Å². The van der Waals surface area contributed by atoms with Gasteiger partial charge in [-0.1, -0.05) is 6.42 Å². The third-order valence-electron chi connectivity index (χ3n) is 2.86. The van der Waals surface area contributed by atoms with E-state index < -0.39 is 11.7 Å². The van der Waals surface area contributed by atoms with E-state index in [-0.39, 0.29) is 12.0 Å². The van der Waals surface area contributed by atoms with Gasteiger partial charge in [0.25, 0.3) is 5.56 Å². The van der Waals surface area contributed by atoms with Crippen molar-refractivity contribution in [3.05, 3.63) is 32.3 Å². The fourth-order valence-corrected chi connectivity index (χ4v) is 2.69. The number of aromatic nitrogens is 2. The van der Waals surface area contributed by atoms with Crippen molar-refractivity contribution in [1.82, 2.24) is 9.55 Å². The lowest BCUT2D eigenvalue weighted by molar-refractivity contribution is -0.137. The van der Waals surface area contributed by atoms with Gasteiger partial charge in [0, 0.05) is 13.0 Å². The number of hydrogen-bond acceptors (Lipinski definition) is 4. The number of hydrogen-bond donors (Lipinski definition) is 2. The van der Waals surface area contributed by atoms with Crippen LogP contribution >= 0.6 is 11.3 Å². The average molecular weight is 282 g/mol. The summed E-state index contributed by atoms with van der Waals surface area (Å²) in [4.78, 5) is 36.8. The second-order valence-corrected chi connectivity index (χ2v) is 5.17. The summed E-state index contributed by atoms with van der Waals surface area (Å²) in [5, 5.41) is 10.3. The lowest BCUT2D eigenvalue weighted by atomic mass is 10.2. The zero-order chi connectivity index (χ0) is 13.8. The molecule has 0 saturated carbocycles. The largest absolute Gasteiger partial charge is 0.481 e. The van der Waals surface area contributed by atoms with E-state index in [2.05, 4.69) is 4.98 Å². The van der Waals surface area contributed by atoms with Gasteiger partial charge in [0.15, 0.2) is 0 Å². The Hall–Kier alpha value is -1.89. The van der Waals surface area contributed by atoms with E-state index in [0.717, 1.165) is 0 Å². The smallest absolute Gasteiger partial charge is 0.328 e. The van der Waals surface area contributed by atoms with E-state index in [1.807, 2.05) is 0 Å². The van der Waals surface area contributed by atoms with Crippen molar-refractivity contribution in [2.24, 2.45) is 0 Å². The molecule has 102 valence electrons. The van der Waals surface area contributed by atoms with Crippen LogP contribution in [0, 0.1) is 0 Å². The van der Waals surface area contributed by atoms with Crippen LogP contribution in [-0.2, 0) is 11.3 Å². The molecule has 0 radical (unpaired) electrons. The van der Waals surface area contributed by atoms with Crippen LogP contribution in [0.15, 0.2) is 21.0 Å². The fourth-order valence-electron chi connectivity index (χ4n) is 1.90. The number of carboxylic acids is 1. The molecule has 0 aromatic carbocycles. The summed E-state index contributed by atoms with van der Waals surface area (Å²) >= 11 is 1.30. The number of fused-ring (bicyclic) bond motifs is 1. The van der Waals surface area contributed by atoms with Crippen LogP contribution in [0.25, 0.3) is 10.2 Å². The topological polar surface area (TPSA) is 92.2 Å². The van der Waals surface area contributed by atoms with E-state index in [1.54, 1.807) is 11.4 Å². The summed E-state index contributed by atoms with van der Waals surface area (Å²) in [6.45, 7) is 0.321. The third-order valence-corrected chi connectivity index (χ3v) is 3.77. The van der Waals surface area contributed by atoms with Gasteiger partial charge in [-0.05, 0) is 24.3 Å². The molecular weight excluding hydrogens is 268 g/mol. The van der Waals surface area contributed by atoms with Gasteiger partial charge < -0.3 is 10.1 Å². The Labute approximate surface area is 112 Å². The molecule has 2 N–H and O–H groups in total. The maximum absolute atomic E-state index is 12.0. The van der Waals surface area contributed by atoms with Crippen molar-refractivity contribution in [2.45, 2.75) is 32.2 Å². The van der Waals surface area contributed by atoms with Crippen molar-refractivity contribution in [3.8, 4) is 0 Å². The molecule has 2 heterocycles. The molecule has 19 heavy (non-hydrogen) atoms. The molecule has 7 heteroatoms. The van der Waals surface area contributed by atoms with Gasteiger partial charge in [-0.2, -0.15) is 0 Å². The molecule has 0 aliphatic carbocycles. The first-order valence-corrected chi connectivity index (χ1v) is 6.89. The fraction of sp³-hybridized carbons (Fsp3) is 0.417. The second kappa shape index (κ2) is 5.83. The molecule has 0 spiro atoms. The van der Waals surface area contributed by atoms with Crippen LogP contribution in [0.5, 0.6) is 0 Å². The van der Waals surface area contributed by atoms with Crippen molar-refractivity contribution in [1.29, 1.82) is 0 Å². The predicted molar refractivity (Wildman–Crippen MR) is 72.8 cm³/mol. The first kappa shape index (κ1) is 13.5. The maximum Gasteiger partial charge on any atom is 0.328 e. The predicted octanol–water partition coefficient (Wildman–Crippen LogP) is 1.40. The zero-order valence-corrected chi connectivity index (χ0v) is 11.0. The number of nitrogens with zero attached hydrogens (tertiary/aromatic N) is 1. The number of nitrogens with one attached hydrogen (secondary N) is 1. The summed E-state index contributed by atoms with van der Waals surface area (Å²) < 4.78 is 1.73. The minimum Gasteiger partial charge on any atom is -0.481 e. The highest BCUT2D eigenvalue weighted by Crippen LogP contribution is 2.12. The number of carbonyl (C=O) groups is 1. The Balaban J connectivity index is 2.06. The normalized spacial score (nSPS) is 10.9. The molecular formula is C12H14N2O4S. The number of carboxylic acid groups (broad SMARTS) is 1. The molecule has 0 saturated heterocycles. The van der Waals surface area contributed by atoms with Crippen LogP contribution in [-0.4, -0.2) is 20.6 Å². The number of H-pyrrole nitrogens is 1. The average Bonchev–Trinajstić information content (AvgIpc) is 2.80. The quantitative estimate of drug-likeness (QED) is 0.783. The highest BCUT2D eigenvalue weighted by atomic mass is 32.1. The molecule has 0 bridgehead atoms. The van der Waals surface area contributed by atoms with E-state index in [0.29, 0.717) is 36.0 Å². The van der Waals surface area contributed by atoms with Crippen LogP contribution in [0.2, 0.25) is 0 Å². The Morgan fingerprint density at radius 1 is 1.32 bits per heavy atom. The van der Waals surface area contributed by atoms with Gasteiger partial charge in [0.2, 0.25) is 0 Å². The summed E-state index contributed by atoms with van der Waals surface area (Å²) in [7, 11) is 0. The number of aliphatic carboxylic acids is 1. The monoisotopic (exact) mass is 282 g/mol. The SMILES string of the molecule is O=C(O)CCCCCn1c(=O)[nH]c2ccsc2c1=O. The first-order chi connectivity index (χ1) is 9.09. The molecule has 0 aliphatic rings. The Morgan fingerprint density at radius 2 is 2.11 bits per heavy atom. The summed E-state index contributed by atoms with van der Waals surface area (Å²) in [6.07, 6.45) is 1.98. The standard InChI is InChI=1S/C12H14N2O4S/c15-9(16)4-2-1-3-6-14-11(17)10-8(5-7-19-10)13-12(14)18/h5,7H,1-4,6H2,(H,13,18)(H,15,16). The Kier molecular flexibility index (Phi) is 4.16. The van der Waals surface area contributed by atoms with Crippen molar-refractivity contribution < 1.29 is 9.90 Å². The zero-order valence-electron chi connectivity index (χ0n) is 10.2. The van der Waals surface area contributed by atoms with Crippen LogP contribution < -0.4 is 11.2 Å². The molecule has 6 nitrogen and oxygen atoms in total. The van der Waals surface area contributed by atoms with Crippen molar-refractivity contribution in [3.63, 3.8) is 0 Å². The van der Waals surface area contributed by atoms with Gasteiger partial charge in [-0.15, -0.1) is 11.3 Å². The van der Waals surface area contributed by atoms with E-state index >= 15 is 0 Å². The van der Waals surface area contributed by atoms with E-state index in [1.165, 1.54) is 15.9 Å². The van der Waals surface area contributed by atoms with Crippen LogP contribution in [0.1, 0.15) is 25.7 Å². The van der Waals surface area contributed by atoms with Crippen LogP contribution in [0.4, 0.5) is 0 Å². The number of thiophene rings is 1. The number of unbranched alkanes of at least 4 members (excludes halogenated alkanes) is 2. The lowest BCUT2D eigenvalue weighted by Crippen LogP contribution is -2.34. The van der Waals surface area contributed by atoms with Gasteiger partial charge in [0.05, 0.1) is 5.52 Å². The molecule has 2 rings (SSSR count). The minimum atomic E-state index is -0.824. The highest BCUT2D eigenvalue weighted by Gasteiger charge is 2.08. The number of rotatable bonds is 6. The summed E-state index contributed by atoms with van der Waals surface area (Å²) in [6, 6.07) is 1.71. The van der Waals surface area contributed by atoms with Crippen LogP contribution in [0.3, 0.4) is 0 Å². The Bertz CT molecular complexity index is 698. The van der Waals surface area contributed by atoms with Gasteiger partial charge in [-0.25, -0.2) is 4.79 Å². The lowest BCUT2D eigenvalue weighted by Gasteiger charge is -2.04.